The number of nitrogens with zero attached hydrogens (tertiary/aromatic N) is 1. The molecule has 0 bridgehead atoms. The first-order chi connectivity index (χ1) is 8.61. The number of hydrogen-bond donors (Lipinski definition) is 1. The molecule has 3 nitrogen and oxygen atoms in total. The Kier molecular flexibility index (Phi) is 4.45. The summed E-state index contributed by atoms with van der Waals surface area (Å²) in [6.07, 6.45) is 1.72. The molecule has 0 amide bonds. The summed E-state index contributed by atoms with van der Waals surface area (Å²) in [5.74, 6) is 0.960. The molecule has 0 aliphatic heterocycles. The lowest BCUT2D eigenvalue weighted by atomic mass is 10.2. The number of furan rings is 1. The van der Waals surface area contributed by atoms with Crippen molar-refractivity contribution in [3.05, 3.63) is 45.0 Å². The molecule has 0 saturated heterocycles. The summed E-state index contributed by atoms with van der Waals surface area (Å²) in [5, 5.41) is 2.72. The van der Waals surface area contributed by atoms with E-state index in [4.69, 9.17) is 21.8 Å². The fraction of sp³-hybridized carbons (Fsp3) is 0.385. The van der Waals surface area contributed by atoms with Gasteiger partial charge in [-0.05, 0) is 26.1 Å². The second-order valence-corrected chi connectivity index (χ2v) is 5.72. The lowest BCUT2D eigenvalue weighted by Gasteiger charge is -2.25. The topological polar surface area (TPSA) is 42.4 Å². The smallest absolute Gasteiger partial charge is 0.105 e. The van der Waals surface area contributed by atoms with E-state index in [1.807, 2.05) is 24.4 Å². The summed E-state index contributed by atoms with van der Waals surface area (Å²) in [6, 6.07) is 4.18. The van der Waals surface area contributed by atoms with Crippen molar-refractivity contribution in [1.29, 1.82) is 0 Å². The summed E-state index contributed by atoms with van der Waals surface area (Å²) in [6.45, 7) is 3.37. The lowest BCUT2D eigenvalue weighted by Crippen LogP contribution is -2.29. The molecule has 2 aromatic heterocycles. The summed E-state index contributed by atoms with van der Waals surface area (Å²) >= 11 is 7.62. The van der Waals surface area contributed by atoms with Gasteiger partial charge in [-0.15, -0.1) is 11.3 Å². The van der Waals surface area contributed by atoms with E-state index >= 15 is 0 Å². The standard InChI is InChI=1S/C13H17ClN2OS/c1-9-10(3-4-17-9)7-16(2)12(6-15)13-5-11(14)8-18-13/h3-5,8,12H,6-7,15H2,1-2H3. The van der Waals surface area contributed by atoms with Crippen LogP contribution in [0.4, 0.5) is 0 Å². The van der Waals surface area contributed by atoms with E-state index in [9.17, 15) is 0 Å². The Bertz CT molecular complexity index is 509. The Hall–Kier alpha value is -0.810. The van der Waals surface area contributed by atoms with E-state index in [2.05, 4.69) is 11.9 Å². The monoisotopic (exact) mass is 284 g/mol. The fourth-order valence-electron chi connectivity index (χ4n) is 1.97. The van der Waals surface area contributed by atoms with Crippen molar-refractivity contribution in [2.75, 3.05) is 13.6 Å². The van der Waals surface area contributed by atoms with E-state index in [0.717, 1.165) is 17.3 Å². The first-order valence-electron chi connectivity index (χ1n) is 5.79. The van der Waals surface area contributed by atoms with Crippen LogP contribution in [0.5, 0.6) is 0 Å². The SMILES string of the molecule is Cc1occc1CN(C)C(CN)c1cc(Cl)cs1. The van der Waals surface area contributed by atoms with Crippen LogP contribution >= 0.6 is 22.9 Å². The molecule has 18 heavy (non-hydrogen) atoms. The highest BCUT2D eigenvalue weighted by atomic mass is 35.5. The minimum Gasteiger partial charge on any atom is -0.469 e. The van der Waals surface area contributed by atoms with Crippen molar-refractivity contribution >= 4 is 22.9 Å². The van der Waals surface area contributed by atoms with Crippen molar-refractivity contribution in [2.24, 2.45) is 5.73 Å². The van der Waals surface area contributed by atoms with Crippen molar-refractivity contribution < 1.29 is 4.42 Å². The molecule has 1 unspecified atom stereocenters. The Labute approximate surface area is 116 Å². The second-order valence-electron chi connectivity index (χ2n) is 4.34. The highest BCUT2D eigenvalue weighted by molar-refractivity contribution is 7.10. The Morgan fingerprint density at radius 3 is 2.83 bits per heavy atom. The third-order valence-corrected chi connectivity index (χ3v) is 4.44. The summed E-state index contributed by atoms with van der Waals surface area (Å²) in [4.78, 5) is 3.42. The Balaban J connectivity index is 2.11. The van der Waals surface area contributed by atoms with Gasteiger partial charge in [-0.3, -0.25) is 4.90 Å². The molecule has 2 N–H and O–H groups in total. The molecule has 1 atom stereocenters. The molecular weight excluding hydrogens is 268 g/mol. The zero-order valence-corrected chi connectivity index (χ0v) is 12.1. The van der Waals surface area contributed by atoms with Crippen LogP contribution in [0.25, 0.3) is 0 Å². The van der Waals surface area contributed by atoms with Gasteiger partial charge in [-0.25, -0.2) is 0 Å². The quantitative estimate of drug-likeness (QED) is 0.915. The number of likely N-dealkylation sites (N-methyl/N-ethyl adjacent to an activating group) is 1. The van der Waals surface area contributed by atoms with Gasteiger partial charge in [0.2, 0.25) is 0 Å². The van der Waals surface area contributed by atoms with Gasteiger partial charge in [0.05, 0.1) is 17.3 Å². The highest BCUT2D eigenvalue weighted by Crippen LogP contribution is 2.29. The molecule has 0 fully saturated rings. The van der Waals surface area contributed by atoms with Gasteiger partial charge < -0.3 is 10.2 Å². The highest BCUT2D eigenvalue weighted by Gasteiger charge is 2.18. The van der Waals surface area contributed by atoms with Crippen LogP contribution in [-0.2, 0) is 6.54 Å². The number of rotatable bonds is 5. The summed E-state index contributed by atoms with van der Waals surface area (Å²) in [7, 11) is 2.07. The van der Waals surface area contributed by atoms with Gasteiger partial charge in [0, 0.05) is 28.9 Å². The van der Waals surface area contributed by atoms with Gasteiger partial charge in [0.15, 0.2) is 0 Å². The van der Waals surface area contributed by atoms with Crippen LogP contribution in [0.3, 0.4) is 0 Å². The van der Waals surface area contributed by atoms with Crippen LogP contribution in [0.15, 0.2) is 28.2 Å². The van der Waals surface area contributed by atoms with E-state index in [1.165, 1.54) is 10.4 Å². The minimum absolute atomic E-state index is 0.191. The van der Waals surface area contributed by atoms with Gasteiger partial charge in [-0.2, -0.15) is 0 Å². The molecule has 2 rings (SSSR count). The minimum atomic E-state index is 0.191. The predicted molar refractivity (Wildman–Crippen MR) is 76.0 cm³/mol. The number of nitrogens with two attached hydrogens (primary N) is 1. The van der Waals surface area contributed by atoms with Crippen molar-refractivity contribution in [3.8, 4) is 0 Å². The van der Waals surface area contributed by atoms with Gasteiger partial charge >= 0.3 is 0 Å². The lowest BCUT2D eigenvalue weighted by molar-refractivity contribution is 0.243. The molecule has 0 spiro atoms. The summed E-state index contributed by atoms with van der Waals surface area (Å²) in [5.41, 5.74) is 7.07. The average Bonchev–Trinajstić information content (AvgIpc) is 2.91. The summed E-state index contributed by atoms with van der Waals surface area (Å²) < 4.78 is 5.31. The molecule has 2 aromatic rings. The first kappa shape index (κ1) is 13.6. The molecule has 5 heteroatoms. The average molecular weight is 285 g/mol. The number of aryl methyl sites for hydroxylation is 1. The normalized spacial score (nSPS) is 13.2. The second kappa shape index (κ2) is 5.89. The number of halogens is 1. The van der Waals surface area contributed by atoms with Crippen LogP contribution in [0.1, 0.15) is 22.2 Å². The molecule has 2 heterocycles. The fourth-order valence-corrected chi connectivity index (χ4v) is 3.23. The third-order valence-electron chi connectivity index (χ3n) is 3.06. The van der Waals surface area contributed by atoms with E-state index in [1.54, 1.807) is 17.6 Å². The Morgan fingerprint density at radius 2 is 2.33 bits per heavy atom. The molecule has 0 aliphatic carbocycles. The maximum absolute atomic E-state index is 5.97. The van der Waals surface area contributed by atoms with Gasteiger partial charge in [0.25, 0.3) is 0 Å². The van der Waals surface area contributed by atoms with Crippen LogP contribution in [0.2, 0.25) is 5.02 Å². The van der Waals surface area contributed by atoms with E-state index in [-0.39, 0.29) is 6.04 Å². The largest absolute Gasteiger partial charge is 0.469 e. The Morgan fingerprint density at radius 1 is 1.56 bits per heavy atom. The van der Waals surface area contributed by atoms with Crippen molar-refractivity contribution in [3.63, 3.8) is 0 Å². The van der Waals surface area contributed by atoms with Crippen molar-refractivity contribution in [2.45, 2.75) is 19.5 Å². The van der Waals surface area contributed by atoms with E-state index < -0.39 is 0 Å². The third kappa shape index (κ3) is 2.95. The molecule has 0 radical (unpaired) electrons. The predicted octanol–water partition coefficient (Wildman–Crippen LogP) is 3.43. The molecule has 0 aromatic carbocycles. The van der Waals surface area contributed by atoms with Crippen LogP contribution in [-0.4, -0.2) is 18.5 Å². The van der Waals surface area contributed by atoms with Crippen LogP contribution < -0.4 is 5.73 Å². The zero-order valence-electron chi connectivity index (χ0n) is 10.5. The van der Waals surface area contributed by atoms with Crippen LogP contribution in [0, 0.1) is 6.92 Å². The molecule has 0 saturated carbocycles. The maximum Gasteiger partial charge on any atom is 0.105 e. The first-order valence-corrected chi connectivity index (χ1v) is 7.04. The maximum atomic E-state index is 5.97. The number of hydrogen-bond acceptors (Lipinski definition) is 4. The molecular formula is C13H17ClN2OS. The van der Waals surface area contributed by atoms with E-state index in [0.29, 0.717) is 6.54 Å². The van der Waals surface area contributed by atoms with Crippen molar-refractivity contribution in [1.82, 2.24) is 4.90 Å². The molecule has 98 valence electrons. The van der Waals surface area contributed by atoms with Gasteiger partial charge in [-0.1, -0.05) is 11.6 Å². The van der Waals surface area contributed by atoms with Gasteiger partial charge in [0.1, 0.15) is 5.76 Å². The zero-order chi connectivity index (χ0) is 13.1. The number of thiophene rings is 1. The molecule has 0 aliphatic rings.